The van der Waals surface area contributed by atoms with Gasteiger partial charge in [-0.25, -0.2) is 4.79 Å². The standard InChI is InChI=1S/C20H17F3N2O3S/c1-28-19(27)14-10-29-11-17(14)24-15-7-2-3-8-16(15)25-18(26)12-5-4-6-13(9-12)20(21,22)23/h2-9,24H,10-11H2,1H3,(H,25,26). The Morgan fingerprint density at radius 1 is 1.03 bits per heavy atom. The number of thioether (sulfide) groups is 1. The summed E-state index contributed by atoms with van der Waals surface area (Å²) in [6, 6.07) is 11.0. The second-order valence-electron chi connectivity index (χ2n) is 6.14. The predicted molar refractivity (Wildman–Crippen MR) is 106 cm³/mol. The van der Waals surface area contributed by atoms with Crippen LogP contribution in [0, 0.1) is 0 Å². The highest BCUT2D eigenvalue weighted by atomic mass is 32.2. The summed E-state index contributed by atoms with van der Waals surface area (Å²) in [5.41, 5.74) is 1.07. The van der Waals surface area contributed by atoms with Gasteiger partial charge < -0.3 is 15.4 Å². The summed E-state index contributed by atoms with van der Waals surface area (Å²) in [6.07, 6.45) is -4.54. The summed E-state index contributed by atoms with van der Waals surface area (Å²) >= 11 is 1.54. The van der Waals surface area contributed by atoms with E-state index in [2.05, 4.69) is 10.6 Å². The first-order valence-corrected chi connectivity index (χ1v) is 9.68. The third kappa shape index (κ3) is 4.92. The quantitative estimate of drug-likeness (QED) is 0.693. The topological polar surface area (TPSA) is 67.4 Å². The third-order valence-corrected chi connectivity index (χ3v) is 5.19. The summed E-state index contributed by atoms with van der Waals surface area (Å²) in [4.78, 5) is 24.4. The summed E-state index contributed by atoms with van der Waals surface area (Å²) in [5, 5.41) is 5.75. The first kappa shape index (κ1) is 20.8. The van der Waals surface area contributed by atoms with Gasteiger partial charge in [-0.1, -0.05) is 18.2 Å². The van der Waals surface area contributed by atoms with Gasteiger partial charge in [-0.2, -0.15) is 24.9 Å². The Morgan fingerprint density at radius 2 is 1.76 bits per heavy atom. The Labute approximate surface area is 169 Å². The molecule has 2 N–H and O–H groups in total. The highest BCUT2D eigenvalue weighted by molar-refractivity contribution is 8.00. The molecule has 0 radical (unpaired) electrons. The number of anilines is 2. The highest BCUT2D eigenvalue weighted by Gasteiger charge is 2.31. The van der Waals surface area contributed by atoms with Crippen LogP contribution in [0.5, 0.6) is 0 Å². The van der Waals surface area contributed by atoms with E-state index in [1.54, 1.807) is 36.0 Å². The molecule has 0 fully saturated rings. The van der Waals surface area contributed by atoms with Gasteiger partial charge in [0.1, 0.15) is 0 Å². The van der Waals surface area contributed by atoms with Crippen molar-refractivity contribution in [1.29, 1.82) is 0 Å². The molecule has 1 heterocycles. The number of ether oxygens (including phenoxy) is 1. The van der Waals surface area contributed by atoms with Gasteiger partial charge in [0.05, 0.1) is 29.6 Å². The fourth-order valence-corrected chi connectivity index (χ4v) is 3.79. The molecule has 152 valence electrons. The number of carbonyl (C=O) groups is 2. The van der Waals surface area contributed by atoms with E-state index in [-0.39, 0.29) is 5.56 Å². The van der Waals surface area contributed by atoms with Crippen LogP contribution in [0.2, 0.25) is 0 Å². The zero-order valence-corrected chi connectivity index (χ0v) is 16.1. The number of nitrogens with one attached hydrogen (secondary N) is 2. The zero-order valence-electron chi connectivity index (χ0n) is 15.3. The van der Waals surface area contributed by atoms with E-state index in [1.807, 2.05) is 0 Å². The molecule has 5 nitrogen and oxygen atoms in total. The second kappa shape index (κ2) is 8.60. The lowest BCUT2D eigenvalue weighted by atomic mass is 10.1. The molecule has 0 aromatic heterocycles. The number of benzene rings is 2. The van der Waals surface area contributed by atoms with Crippen molar-refractivity contribution < 1.29 is 27.5 Å². The summed E-state index contributed by atoms with van der Waals surface area (Å²) in [5.74, 6) is -0.0232. The average molecular weight is 422 g/mol. The Bertz CT molecular complexity index is 973. The maximum absolute atomic E-state index is 12.9. The van der Waals surface area contributed by atoms with E-state index in [0.717, 1.165) is 12.1 Å². The summed E-state index contributed by atoms with van der Waals surface area (Å²) in [6.45, 7) is 0. The van der Waals surface area contributed by atoms with E-state index < -0.39 is 23.6 Å². The number of alkyl halides is 3. The van der Waals surface area contributed by atoms with Gasteiger partial charge in [-0.15, -0.1) is 0 Å². The fourth-order valence-electron chi connectivity index (χ4n) is 2.74. The Kier molecular flexibility index (Phi) is 6.17. The van der Waals surface area contributed by atoms with Crippen molar-refractivity contribution in [3.8, 4) is 0 Å². The number of amides is 1. The molecule has 0 unspecified atom stereocenters. The SMILES string of the molecule is COC(=O)C1=C(Nc2ccccc2NC(=O)c2cccc(C(F)(F)F)c2)CSC1. The lowest BCUT2D eigenvalue weighted by molar-refractivity contribution is -0.138. The minimum atomic E-state index is -4.54. The summed E-state index contributed by atoms with van der Waals surface area (Å²) < 4.78 is 43.5. The van der Waals surface area contributed by atoms with E-state index in [9.17, 15) is 22.8 Å². The maximum atomic E-state index is 12.9. The van der Waals surface area contributed by atoms with Crippen LogP contribution in [0.4, 0.5) is 24.5 Å². The molecular weight excluding hydrogens is 405 g/mol. The number of esters is 1. The minimum Gasteiger partial charge on any atom is -0.466 e. The molecule has 1 aliphatic rings. The van der Waals surface area contributed by atoms with Crippen LogP contribution in [0.25, 0.3) is 0 Å². The Morgan fingerprint density at radius 3 is 2.45 bits per heavy atom. The lowest BCUT2D eigenvalue weighted by Gasteiger charge is -2.15. The van der Waals surface area contributed by atoms with Gasteiger partial charge in [0.25, 0.3) is 5.91 Å². The Balaban J connectivity index is 1.83. The number of halogens is 3. The van der Waals surface area contributed by atoms with Crippen molar-refractivity contribution in [2.45, 2.75) is 6.18 Å². The van der Waals surface area contributed by atoms with Crippen molar-refractivity contribution in [3.63, 3.8) is 0 Å². The van der Waals surface area contributed by atoms with E-state index in [4.69, 9.17) is 4.74 Å². The number of carbonyl (C=O) groups excluding carboxylic acids is 2. The number of rotatable bonds is 5. The van der Waals surface area contributed by atoms with Crippen LogP contribution in [-0.4, -0.2) is 30.5 Å². The molecule has 29 heavy (non-hydrogen) atoms. The lowest BCUT2D eigenvalue weighted by Crippen LogP contribution is -2.16. The zero-order chi connectivity index (χ0) is 21.0. The van der Waals surface area contributed by atoms with Crippen molar-refractivity contribution >= 4 is 35.0 Å². The minimum absolute atomic E-state index is 0.111. The van der Waals surface area contributed by atoms with Gasteiger partial charge in [-0.3, -0.25) is 4.79 Å². The normalized spacial score (nSPS) is 13.9. The van der Waals surface area contributed by atoms with Crippen molar-refractivity contribution in [3.05, 3.63) is 70.9 Å². The molecule has 3 rings (SSSR count). The maximum Gasteiger partial charge on any atom is 0.416 e. The first-order valence-electron chi connectivity index (χ1n) is 8.52. The third-order valence-electron chi connectivity index (χ3n) is 4.20. The fraction of sp³-hybridized carbons (Fsp3) is 0.200. The molecule has 0 atom stereocenters. The monoisotopic (exact) mass is 422 g/mol. The van der Waals surface area contributed by atoms with Crippen LogP contribution < -0.4 is 10.6 Å². The molecule has 0 aliphatic carbocycles. The summed E-state index contributed by atoms with van der Waals surface area (Å²) in [7, 11) is 1.30. The number of hydrogen-bond donors (Lipinski definition) is 2. The molecule has 0 bridgehead atoms. The molecule has 9 heteroatoms. The number of methoxy groups -OCH3 is 1. The first-order chi connectivity index (χ1) is 13.8. The molecule has 1 aliphatic heterocycles. The molecule has 0 saturated carbocycles. The van der Waals surface area contributed by atoms with Gasteiger partial charge >= 0.3 is 12.1 Å². The number of hydrogen-bond acceptors (Lipinski definition) is 5. The van der Waals surface area contributed by atoms with Crippen LogP contribution >= 0.6 is 11.8 Å². The highest BCUT2D eigenvalue weighted by Crippen LogP contribution is 2.31. The van der Waals surface area contributed by atoms with E-state index in [0.29, 0.717) is 34.2 Å². The van der Waals surface area contributed by atoms with E-state index in [1.165, 1.54) is 19.2 Å². The molecule has 1 amide bonds. The van der Waals surface area contributed by atoms with Gasteiger partial charge in [-0.05, 0) is 30.3 Å². The van der Waals surface area contributed by atoms with Crippen LogP contribution in [0.15, 0.2) is 59.8 Å². The Hall–Kier alpha value is -2.94. The molecule has 0 saturated heterocycles. The van der Waals surface area contributed by atoms with Crippen molar-refractivity contribution in [2.24, 2.45) is 0 Å². The predicted octanol–water partition coefficient (Wildman–Crippen LogP) is 4.54. The van der Waals surface area contributed by atoms with Gasteiger partial charge in [0, 0.05) is 22.8 Å². The smallest absolute Gasteiger partial charge is 0.416 e. The van der Waals surface area contributed by atoms with Gasteiger partial charge in [0.15, 0.2) is 0 Å². The molecular formula is C20H17F3N2O3S. The second-order valence-corrected chi connectivity index (χ2v) is 7.13. The molecule has 2 aromatic carbocycles. The van der Waals surface area contributed by atoms with Crippen LogP contribution in [-0.2, 0) is 15.7 Å². The molecule has 2 aromatic rings. The average Bonchev–Trinajstić information content (AvgIpc) is 3.16. The van der Waals surface area contributed by atoms with E-state index >= 15 is 0 Å². The van der Waals surface area contributed by atoms with Gasteiger partial charge in [0.2, 0.25) is 0 Å². The van der Waals surface area contributed by atoms with Crippen LogP contribution in [0.3, 0.4) is 0 Å². The van der Waals surface area contributed by atoms with Crippen molar-refractivity contribution in [2.75, 3.05) is 29.2 Å². The van der Waals surface area contributed by atoms with Crippen LogP contribution in [0.1, 0.15) is 15.9 Å². The number of para-hydroxylation sites is 2. The molecule has 0 spiro atoms. The van der Waals surface area contributed by atoms with Crippen molar-refractivity contribution in [1.82, 2.24) is 0 Å². The largest absolute Gasteiger partial charge is 0.466 e.